The molecule has 6 nitrogen and oxygen atoms in total. The summed E-state index contributed by atoms with van der Waals surface area (Å²) in [5, 5.41) is 10.7. The number of nitro groups is 1. The van der Waals surface area contributed by atoms with Gasteiger partial charge in [0.25, 0.3) is 15.7 Å². The molecular formula is C13H8BrF3N2O4S. The van der Waals surface area contributed by atoms with E-state index >= 15 is 0 Å². The van der Waals surface area contributed by atoms with Crippen molar-refractivity contribution in [3.63, 3.8) is 0 Å². The first-order valence-corrected chi connectivity index (χ1v) is 8.42. The molecule has 128 valence electrons. The zero-order chi connectivity index (χ0) is 18.1. The fourth-order valence-corrected chi connectivity index (χ4v) is 3.34. The van der Waals surface area contributed by atoms with Crippen LogP contribution in [0.5, 0.6) is 0 Å². The Morgan fingerprint density at radius 3 is 2.38 bits per heavy atom. The number of hydrogen-bond donors (Lipinski definition) is 1. The van der Waals surface area contributed by atoms with Crippen molar-refractivity contribution in [3.8, 4) is 0 Å². The number of benzene rings is 2. The van der Waals surface area contributed by atoms with Gasteiger partial charge in [-0.05, 0) is 40.2 Å². The molecule has 0 unspecified atom stereocenters. The van der Waals surface area contributed by atoms with E-state index in [1.54, 1.807) is 0 Å². The van der Waals surface area contributed by atoms with Crippen molar-refractivity contribution in [3.05, 3.63) is 62.6 Å². The van der Waals surface area contributed by atoms with Crippen LogP contribution in [0.1, 0.15) is 5.56 Å². The summed E-state index contributed by atoms with van der Waals surface area (Å²) in [6.45, 7) is 0. The lowest BCUT2D eigenvalue weighted by molar-refractivity contribution is -0.384. The van der Waals surface area contributed by atoms with Crippen LogP contribution in [-0.2, 0) is 16.2 Å². The molecule has 2 aromatic carbocycles. The molecule has 0 aliphatic carbocycles. The average molecular weight is 425 g/mol. The Bertz CT molecular complexity index is 900. The summed E-state index contributed by atoms with van der Waals surface area (Å²) in [7, 11) is -4.36. The van der Waals surface area contributed by atoms with Crippen LogP contribution in [0.4, 0.5) is 24.5 Å². The van der Waals surface area contributed by atoms with E-state index in [4.69, 9.17) is 0 Å². The monoisotopic (exact) mass is 424 g/mol. The molecule has 0 amide bonds. The maximum Gasteiger partial charge on any atom is 0.416 e. The van der Waals surface area contributed by atoms with E-state index in [-0.39, 0.29) is 15.8 Å². The van der Waals surface area contributed by atoms with Crippen LogP contribution >= 0.6 is 15.9 Å². The van der Waals surface area contributed by atoms with Gasteiger partial charge in [0.1, 0.15) is 0 Å². The lowest BCUT2D eigenvalue weighted by Crippen LogP contribution is -2.15. The molecule has 2 aromatic rings. The first kappa shape index (κ1) is 18.2. The zero-order valence-corrected chi connectivity index (χ0v) is 13.9. The standard InChI is InChI=1S/C13H8BrF3N2O4S/c14-11-5-4-9(19(20)21)7-12(11)18-24(22,23)10-3-1-2-8(6-10)13(15,16)17/h1-7,18H. The molecule has 0 heterocycles. The highest BCUT2D eigenvalue weighted by molar-refractivity contribution is 9.10. The smallest absolute Gasteiger partial charge is 0.278 e. The van der Waals surface area contributed by atoms with Crippen molar-refractivity contribution in [1.29, 1.82) is 0 Å². The Labute approximate surface area is 142 Å². The van der Waals surface area contributed by atoms with Crippen LogP contribution in [0.25, 0.3) is 0 Å². The van der Waals surface area contributed by atoms with E-state index in [1.165, 1.54) is 6.07 Å². The van der Waals surface area contributed by atoms with Gasteiger partial charge in [-0.2, -0.15) is 13.2 Å². The number of sulfonamides is 1. The molecule has 0 aliphatic heterocycles. The third-order valence-electron chi connectivity index (χ3n) is 2.88. The summed E-state index contributed by atoms with van der Waals surface area (Å²) in [5.41, 5.74) is -1.66. The minimum Gasteiger partial charge on any atom is -0.278 e. The Morgan fingerprint density at radius 1 is 1.12 bits per heavy atom. The van der Waals surface area contributed by atoms with Crippen molar-refractivity contribution < 1.29 is 26.5 Å². The lowest BCUT2D eigenvalue weighted by atomic mass is 10.2. The number of non-ortho nitro benzene ring substituents is 1. The molecule has 0 aromatic heterocycles. The number of rotatable bonds is 4. The van der Waals surface area contributed by atoms with Gasteiger partial charge in [0.15, 0.2) is 0 Å². The average Bonchev–Trinajstić information content (AvgIpc) is 2.48. The van der Waals surface area contributed by atoms with Crippen LogP contribution in [0.2, 0.25) is 0 Å². The van der Waals surface area contributed by atoms with Crippen molar-refractivity contribution >= 4 is 37.3 Å². The number of nitrogens with zero attached hydrogens (tertiary/aromatic N) is 1. The number of alkyl halides is 3. The lowest BCUT2D eigenvalue weighted by Gasteiger charge is -2.12. The first-order valence-electron chi connectivity index (χ1n) is 6.15. The third kappa shape index (κ3) is 4.03. The van der Waals surface area contributed by atoms with Crippen LogP contribution in [0.3, 0.4) is 0 Å². The van der Waals surface area contributed by atoms with Gasteiger partial charge in [0.2, 0.25) is 0 Å². The van der Waals surface area contributed by atoms with Gasteiger partial charge >= 0.3 is 6.18 Å². The Balaban J connectivity index is 2.43. The Morgan fingerprint density at radius 2 is 1.79 bits per heavy atom. The molecule has 0 radical (unpaired) electrons. The minimum absolute atomic E-state index is 0.165. The highest BCUT2D eigenvalue weighted by atomic mass is 79.9. The second-order valence-electron chi connectivity index (χ2n) is 4.55. The molecule has 1 N–H and O–H groups in total. The summed E-state index contributed by atoms with van der Waals surface area (Å²) in [4.78, 5) is 9.40. The molecule has 0 spiro atoms. The molecule has 0 aliphatic rings. The van der Waals surface area contributed by atoms with Gasteiger partial charge in [-0.15, -0.1) is 0 Å². The van der Waals surface area contributed by atoms with Gasteiger partial charge in [-0.1, -0.05) is 6.07 Å². The first-order chi connectivity index (χ1) is 11.0. The van der Waals surface area contributed by atoms with E-state index in [2.05, 4.69) is 15.9 Å². The normalized spacial score (nSPS) is 12.0. The van der Waals surface area contributed by atoms with Crippen molar-refractivity contribution in [2.75, 3.05) is 4.72 Å². The second-order valence-corrected chi connectivity index (χ2v) is 7.09. The molecule has 2 rings (SSSR count). The fourth-order valence-electron chi connectivity index (χ4n) is 1.75. The topological polar surface area (TPSA) is 89.3 Å². The molecular weight excluding hydrogens is 417 g/mol. The Kier molecular flexibility index (Phi) is 4.85. The number of anilines is 1. The molecule has 0 atom stereocenters. The van der Waals surface area contributed by atoms with Gasteiger partial charge in [-0.25, -0.2) is 8.42 Å². The van der Waals surface area contributed by atoms with Crippen molar-refractivity contribution in [2.45, 2.75) is 11.1 Å². The molecule has 0 bridgehead atoms. The summed E-state index contributed by atoms with van der Waals surface area (Å²) >= 11 is 3.02. The largest absolute Gasteiger partial charge is 0.416 e. The predicted octanol–water partition coefficient (Wildman–Crippen LogP) is 4.18. The predicted molar refractivity (Wildman–Crippen MR) is 83.0 cm³/mol. The van der Waals surface area contributed by atoms with Gasteiger partial charge < -0.3 is 0 Å². The number of halogens is 4. The molecule has 24 heavy (non-hydrogen) atoms. The second kappa shape index (κ2) is 6.40. The van der Waals surface area contributed by atoms with Gasteiger partial charge in [0, 0.05) is 16.6 Å². The quantitative estimate of drug-likeness (QED) is 0.588. The fraction of sp³-hybridized carbons (Fsp3) is 0.0769. The summed E-state index contributed by atoms with van der Waals surface area (Å²) in [5.74, 6) is 0. The van der Waals surface area contributed by atoms with Gasteiger partial charge in [-0.3, -0.25) is 14.8 Å². The maximum atomic E-state index is 12.7. The molecule has 0 saturated carbocycles. The maximum absolute atomic E-state index is 12.7. The third-order valence-corrected chi connectivity index (χ3v) is 4.93. The summed E-state index contributed by atoms with van der Waals surface area (Å²) in [6.07, 6.45) is -4.70. The molecule has 0 saturated heterocycles. The molecule has 0 fully saturated rings. The van der Waals surface area contributed by atoms with Crippen LogP contribution in [0, 0.1) is 10.1 Å². The SMILES string of the molecule is O=[N+]([O-])c1ccc(Br)c(NS(=O)(=O)c2cccc(C(F)(F)F)c2)c1. The van der Waals surface area contributed by atoms with Crippen molar-refractivity contribution in [1.82, 2.24) is 0 Å². The van der Waals surface area contributed by atoms with Crippen LogP contribution < -0.4 is 4.72 Å². The van der Waals surface area contributed by atoms with E-state index in [9.17, 15) is 31.7 Å². The van der Waals surface area contributed by atoms with E-state index < -0.39 is 31.6 Å². The molecule has 11 heteroatoms. The minimum atomic E-state index is -4.70. The summed E-state index contributed by atoms with van der Waals surface area (Å²) in [6, 6.07) is 6.52. The highest BCUT2D eigenvalue weighted by Crippen LogP contribution is 2.32. The number of nitrogens with one attached hydrogen (secondary N) is 1. The Hall–Kier alpha value is -2.14. The number of hydrogen-bond acceptors (Lipinski definition) is 4. The van der Waals surface area contributed by atoms with Crippen LogP contribution in [0.15, 0.2) is 51.8 Å². The van der Waals surface area contributed by atoms with Crippen molar-refractivity contribution in [2.24, 2.45) is 0 Å². The van der Waals surface area contributed by atoms with E-state index in [1.807, 2.05) is 4.72 Å². The van der Waals surface area contributed by atoms with E-state index in [0.717, 1.165) is 30.3 Å². The number of nitro benzene ring substituents is 1. The van der Waals surface area contributed by atoms with Gasteiger partial charge in [0.05, 0.1) is 21.1 Å². The summed E-state index contributed by atoms with van der Waals surface area (Å²) < 4.78 is 64.8. The highest BCUT2D eigenvalue weighted by Gasteiger charge is 2.31. The zero-order valence-electron chi connectivity index (χ0n) is 11.5. The van der Waals surface area contributed by atoms with E-state index in [0.29, 0.717) is 6.07 Å². The van der Waals surface area contributed by atoms with Crippen LogP contribution in [-0.4, -0.2) is 13.3 Å².